The zero-order valence-corrected chi connectivity index (χ0v) is 16.8. The molecule has 0 bridgehead atoms. The molecule has 1 aromatic carbocycles. The predicted octanol–water partition coefficient (Wildman–Crippen LogP) is 4.80. The molecular formula is C20H20ClF3N6. The quantitative estimate of drug-likeness (QED) is 0.578. The zero-order chi connectivity index (χ0) is 20.4. The largest absolute Gasteiger partial charge is 0.363 e. The Morgan fingerprint density at radius 3 is 2.37 bits per heavy atom. The predicted molar refractivity (Wildman–Crippen MR) is 112 cm³/mol. The minimum Gasteiger partial charge on any atom is -0.363 e. The normalized spacial score (nSPS) is 15.5. The van der Waals surface area contributed by atoms with Crippen molar-refractivity contribution in [3.63, 3.8) is 0 Å². The Balaban J connectivity index is 0.00000256. The number of pyridine rings is 1. The summed E-state index contributed by atoms with van der Waals surface area (Å²) in [5.41, 5.74) is 1.49. The van der Waals surface area contributed by atoms with Gasteiger partial charge in [-0.1, -0.05) is 12.1 Å². The fourth-order valence-electron chi connectivity index (χ4n) is 3.08. The topological polar surface area (TPSA) is 66.0 Å². The highest BCUT2D eigenvalue weighted by Crippen LogP contribution is 2.34. The minimum atomic E-state index is -2.68. The van der Waals surface area contributed by atoms with Crippen LogP contribution in [0.2, 0.25) is 0 Å². The molecule has 6 nitrogen and oxygen atoms in total. The molecule has 158 valence electrons. The van der Waals surface area contributed by atoms with Crippen molar-refractivity contribution in [2.45, 2.75) is 18.9 Å². The Hall–Kier alpha value is -3.07. The molecule has 0 aliphatic carbocycles. The Morgan fingerprint density at radius 1 is 1.03 bits per heavy atom. The molecule has 30 heavy (non-hydrogen) atoms. The highest BCUT2D eigenvalue weighted by Gasteiger charge is 2.44. The lowest BCUT2D eigenvalue weighted by atomic mass is 10.1. The first-order valence-corrected chi connectivity index (χ1v) is 9.08. The third-order valence-corrected chi connectivity index (χ3v) is 4.57. The highest BCUT2D eigenvalue weighted by atomic mass is 35.5. The summed E-state index contributed by atoms with van der Waals surface area (Å²) in [6, 6.07) is 9.40. The molecule has 1 aliphatic rings. The van der Waals surface area contributed by atoms with E-state index in [9.17, 15) is 13.2 Å². The standard InChI is InChI=1S/C20H19F3N6.ClH/c1-13(14-2-4-15(21)5-3-14)26-17-8-16(29-11-20(22,23)12-29)9-18(27-17)28-19-10-24-6-7-25-19;/h2-10,13H,11-12H2,1H3,(H2,25,26,27,28);1H/t13-;/m0./s1. The van der Waals surface area contributed by atoms with E-state index in [1.54, 1.807) is 41.6 Å². The summed E-state index contributed by atoms with van der Waals surface area (Å²) in [6.45, 7) is 1.23. The number of benzene rings is 1. The maximum absolute atomic E-state index is 13.3. The van der Waals surface area contributed by atoms with Crippen LogP contribution < -0.4 is 15.5 Å². The maximum Gasteiger partial charge on any atom is 0.282 e. The van der Waals surface area contributed by atoms with E-state index in [0.29, 0.717) is 23.1 Å². The van der Waals surface area contributed by atoms with Gasteiger partial charge in [0, 0.05) is 36.3 Å². The number of aromatic nitrogens is 3. The molecule has 2 aromatic heterocycles. The zero-order valence-electron chi connectivity index (χ0n) is 16.0. The number of alkyl halides is 2. The summed E-state index contributed by atoms with van der Waals surface area (Å²) in [4.78, 5) is 14.2. The smallest absolute Gasteiger partial charge is 0.282 e. The lowest BCUT2D eigenvalue weighted by Crippen LogP contribution is -2.56. The second-order valence-electron chi connectivity index (χ2n) is 6.94. The molecule has 0 amide bonds. The summed E-state index contributed by atoms with van der Waals surface area (Å²) >= 11 is 0. The van der Waals surface area contributed by atoms with Crippen LogP contribution >= 0.6 is 12.4 Å². The van der Waals surface area contributed by atoms with E-state index >= 15 is 0 Å². The third-order valence-electron chi connectivity index (χ3n) is 4.57. The van der Waals surface area contributed by atoms with Crippen molar-refractivity contribution >= 4 is 35.5 Å². The number of rotatable bonds is 6. The Bertz CT molecular complexity index is 980. The van der Waals surface area contributed by atoms with E-state index in [2.05, 4.69) is 25.6 Å². The number of hydrogen-bond donors (Lipinski definition) is 2. The third kappa shape index (κ3) is 5.10. The van der Waals surface area contributed by atoms with E-state index in [1.165, 1.54) is 18.3 Å². The fourth-order valence-corrected chi connectivity index (χ4v) is 3.08. The number of nitrogens with one attached hydrogen (secondary N) is 2. The van der Waals surface area contributed by atoms with Gasteiger partial charge in [0.15, 0.2) is 0 Å². The SMILES string of the molecule is C[C@H](Nc1cc(N2CC(F)(F)C2)cc(Nc2cnccn2)n1)c1ccc(F)cc1.Cl. The van der Waals surface area contributed by atoms with Crippen LogP contribution in [0.5, 0.6) is 0 Å². The van der Waals surface area contributed by atoms with Crippen LogP contribution in [0.4, 0.5) is 36.3 Å². The van der Waals surface area contributed by atoms with E-state index in [1.807, 2.05) is 6.92 Å². The summed E-state index contributed by atoms with van der Waals surface area (Å²) in [7, 11) is 0. The van der Waals surface area contributed by atoms with Gasteiger partial charge in [0.2, 0.25) is 0 Å². The summed E-state index contributed by atoms with van der Waals surface area (Å²) < 4.78 is 39.9. The first-order valence-electron chi connectivity index (χ1n) is 9.08. The molecule has 3 heterocycles. The van der Waals surface area contributed by atoms with E-state index < -0.39 is 5.92 Å². The second-order valence-corrected chi connectivity index (χ2v) is 6.94. The molecule has 2 N–H and O–H groups in total. The number of halogens is 4. The van der Waals surface area contributed by atoms with Crippen LogP contribution in [0.1, 0.15) is 18.5 Å². The van der Waals surface area contributed by atoms with Crippen LogP contribution in [0, 0.1) is 5.82 Å². The molecule has 4 rings (SSSR count). The number of hydrogen-bond acceptors (Lipinski definition) is 6. The van der Waals surface area contributed by atoms with Gasteiger partial charge in [0.1, 0.15) is 23.3 Å². The lowest BCUT2D eigenvalue weighted by molar-refractivity contribution is -0.0262. The van der Waals surface area contributed by atoms with Crippen molar-refractivity contribution in [3.05, 3.63) is 66.4 Å². The van der Waals surface area contributed by atoms with Crippen LogP contribution in [0.25, 0.3) is 0 Å². The van der Waals surface area contributed by atoms with Crippen LogP contribution in [-0.4, -0.2) is 34.0 Å². The van der Waals surface area contributed by atoms with Crippen molar-refractivity contribution in [2.24, 2.45) is 0 Å². The maximum atomic E-state index is 13.3. The van der Waals surface area contributed by atoms with Gasteiger partial charge in [-0.2, -0.15) is 0 Å². The number of nitrogens with zero attached hydrogens (tertiary/aromatic N) is 4. The monoisotopic (exact) mass is 436 g/mol. The molecular weight excluding hydrogens is 417 g/mol. The van der Waals surface area contributed by atoms with Crippen molar-refractivity contribution < 1.29 is 13.2 Å². The number of anilines is 4. The van der Waals surface area contributed by atoms with Crippen molar-refractivity contribution in [1.82, 2.24) is 15.0 Å². The van der Waals surface area contributed by atoms with Gasteiger partial charge in [-0.25, -0.2) is 23.1 Å². The Kier molecular flexibility index (Phi) is 6.31. The summed E-state index contributed by atoms with van der Waals surface area (Å²) in [5, 5.41) is 6.28. The van der Waals surface area contributed by atoms with Crippen molar-refractivity contribution in [3.8, 4) is 0 Å². The van der Waals surface area contributed by atoms with Gasteiger partial charge in [-0.05, 0) is 24.6 Å². The lowest BCUT2D eigenvalue weighted by Gasteiger charge is -2.40. The highest BCUT2D eigenvalue weighted by molar-refractivity contribution is 5.85. The average Bonchev–Trinajstić information content (AvgIpc) is 2.67. The van der Waals surface area contributed by atoms with Gasteiger partial charge in [0.25, 0.3) is 5.92 Å². The molecule has 10 heteroatoms. The van der Waals surface area contributed by atoms with Crippen LogP contribution in [-0.2, 0) is 0 Å². The van der Waals surface area contributed by atoms with Gasteiger partial charge < -0.3 is 15.5 Å². The second kappa shape index (κ2) is 8.74. The molecule has 1 atom stereocenters. The van der Waals surface area contributed by atoms with Crippen LogP contribution in [0.3, 0.4) is 0 Å². The van der Waals surface area contributed by atoms with Crippen molar-refractivity contribution in [2.75, 3.05) is 28.6 Å². The molecule has 1 fully saturated rings. The molecule has 0 saturated carbocycles. The summed E-state index contributed by atoms with van der Waals surface area (Å²) in [5.74, 6) is -1.55. The molecule has 1 aliphatic heterocycles. The molecule has 3 aromatic rings. The van der Waals surface area contributed by atoms with Gasteiger partial charge >= 0.3 is 0 Å². The fraction of sp³-hybridized carbons (Fsp3) is 0.250. The van der Waals surface area contributed by atoms with E-state index in [4.69, 9.17) is 0 Å². The summed E-state index contributed by atoms with van der Waals surface area (Å²) in [6.07, 6.45) is 4.63. The molecule has 0 spiro atoms. The van der Waals surface area contributed by atoms with Gasteiger partial charge in [0.05, 0.1) is 19.3 Å². The van der Waals surface area contributed by atoms with E-state index in [-0.39, 0.29) is 37.4 Å². The first-order chi connectivity index (χ1) is 13.9. The Morgan fingerprint density at radius 2 is 1.73 bits per heavy atom. The van der Waals surface area contributed by atoms with Crippen LogP contribution in [0.15, 0.2) is 55.0 Å². The van der Waals surface area contributed by atoms with Gasteiger partial charge in [-0.3, -0.25) is 4.98 Å². The first kappa shape index (κ1) is 21.6. The van der Waals surface area contributed by atoms with Gasteiger partial charge in [-0.15, -0.1) is 12.4 Å². The Labute approximate surface area is 178 Å². The molecule has 0 unspecified atom stereocenters. The average molecular weight is 437 g/mol. The minimum absolute atomic E-state index is 0. The molecule has 1 saturated heterocycles. The molecule has 0 radical (unpaired) electrons. The van der Waals surface area contributed by atoms with E-state index in [0.717, 1.165) is 5.56 Å². The van der Waals surface area contributed by atoms with Crippen molar-refractivity contribution in [1.29, 1.82) is 0 Å².